The van der Waals surface area contributed by atoms with Crippen molar-refractivity contribution >= 4 is 17.6 Å². The number of Topliss-reactive ketones (excluding diaryl/α,β-unsaturated/α-hetero) is 1. The van der Waals surface area contributed by atoms with Crippen LogP contribution in [-0.2, 0) is 17.8 Å². The molecule has 1 aromatic heterocycles. The molecule has 0 spiro atoms. The van der Waals surface area contributed by atoms with Gasteiger partial charge in [0.15, 0.2) is 0 Å². The number of rotatable bonds is 6. The van der Waals surface area contributed by atoms with Gasteiger partial charge in [-0.15, -0.1) is 0 Å². The second-order valence-corrected chi connectivity index (χ2v) is 9.32. The third-order valence-electron chi connectivity index (χ3n) is 6.00. The van der Waals surface area contributed by atoms with Gasteiger partial charge in [0.2, 0.25) is 0 Å². The predicted octanol–water partition coefficient (Wildman–Crippen LogP) is 3.20. The van der Waals surface area contributed by atoms with E-state index in [1.807, 2.05) is 0 Å². The van der Waals surface area contributed by atoms with E-state index in [2.05, 4.69) is 15.3 Å². The molecule has 180 valence electrons. The molecule has 0 bridgehead atoms. The highest BCUT2D eigenvalue weighted by Gasteiger charge is 2.46. The first-order valence-electron chi connectivity index (χ1n) is 10.9. The fourth-order valence-electron chi connectivity index (χ4n) is 4.15. The van der Waals surface area contributed by atoms with Gasteiger partial charge in [0.05, 0.1) is 25.2 Å². The molecule has 2 N–H and O–H groups in total. The summed E-state index contributed by atoms with van der Waals surface area (Å²) in [5.41, 5.74) is 1.33. The van der Waals surface area contributed by atoms with E-state index in [9.17, 15) is 27.9 Å². The van der Waals surface area contributed by atoms with Crippen molar-refractivity contribution in [2.45, 2.75) is 50.7 Å². The minimum atomic E-state index is -2.85. The van der Waals surface area contributed by atoms with Crippen molar-refractivity contribution in [1.82, 2.24) is 15.2 Å². The molecule has 2 amide bonds. The Labute approximate surface area is 194 Å². The Hall–Kier alpha value is -3.27. The van der Waals surface area contributed by atoms with E-state index in [0.29, 0.717) is 16.8 Å². The van der Waals surface area contributed by atoms with Crippen LogP contribution in [0.2, 0.25) is 0 Å². The van der Waals surface area contributed by atoms with Crippen molar-refractivity contribution in [1.29, 1.82) is 0 Å². The number of hydrogen-bond donors (Lipinski definition) is 2. The molecule has 2 aromatic rings. The number of halogens is 3. The van der Waals surface area contributed by atoms with Crippen molar-refractivity contribution in [3.05, 3.63) is 64.7 Å². The lowest BCUT2D eigenvalue weighted by Crippen LogP contribution is -2.61. The van der Waals surface area contributed by atoms with E-state index in [1.54, 1.807) is 32.0 Å². The monoisotopic (exact) mass is 474 g/mol. The second-order valence-electron chi connectivity index (χ2n) is 9.32. The van der Waals surface area contributed by atoms with Crippen LogP contribution in [0.15, 0.2) is 41.5 Å². The lowest BCUT2D eigenvalue weighted by atomic mass is 9.80. The van der Waals surface area contributed by atoms with Crippen molar-refractivity contribution in [3.8, 4) is 0 Å². The summed E-state index contributed by atoms with van der Waals surface area (Å²) in [4.78, 5) is 34.5. The molecular weight excluding hydrogens is 449 g/mol. The predicted molar refractivity (Wildman–Crippen MR) is 118 cm³/mol. The first kappa shape index (κ1) is 23.9. The summed E-state index contributed by atoms with van der Waals surface area (Å²) in [5.74, 6) is -3.65. The van der Waals surface area contributed by atoms with Gasteiger partial charge < -0.3 is 10.0 Å². The number of aliphatic imine (C=N–C) groups is 1. The number of amides is 2. The topological polar surface area (TPSA) is 94.9 Å². The SMILES string of the molecule is CC(C)(O)[C@@H](CC(=O)Cc1cc2c(cn1)C(NC(=O)N1CC(F)(F)C1)=NC2)c1ccc(F)cc1. The first-order valence-corrected chi connectivity index (χ1v) is 10.9. The summed E-state index contributed by atoms with van der Waals surface area (Å²) < 4.78 is 39.3. The van der Waals surface area contributed by atoms with E-state index in [0.717, 1.165) is 10.5 Å². The number of ketones is 1. The summed E-state index contributed by atoms with van der Waals surface area (Å²) in [6.07, 6.45) is 1.58. The molecule has 0 radical (unpaired) electrons. The highest BCUT2D eigenvalue weighted by atomic mass is 19.3. The zero-order valence-corrected chi connectivity index (χ0v) is 18.8. The number of pyridine rings is 1. The molecule has 3 heterocycles. The molecule has 34 heavy (non-hydrogen) atoms. The minimum absolute atomic E-state index is 0.0333. The maximum absolute atomic E-state index is 13.3. The number of alkyl halides is 2. The Morgan fingerprint density at radius 3 is 2.53 bits per heavy atom. The number of nitrogens with zero attached hydrogens (tertiary/aromatic N) is 3. The first-order chi connectivity index (χ1) is 15.9. The van der Waals surface area contributed by atoms with Gasteiger partial charge in [0.25, 0.3) is 5.92 Å². The number of aromatic nitrogens is 1. The number of nitrogens with one attached hydrogen (secondary N) is 1. The van der Waals surface area contributed by atoms with Crippen LogP contribution < -0.4 is 5.32 Å². The Bertz CT molecular complexity index is 1140. The van der Waals surface area contributed by atoms with Gasteiger partial charge in [-0.1, -0.05) is 12.1 Å². The van der Waals surface area contributed by atoms with Crippen LogP contribution in [0, 0.1) is 5.82 Å². The van der Waals surface area contributed by atoms with Crippen LogP contribution in [0.5, 0.6) is 0 Å². The largest absolute Gasteiger partial charge is 0.390 e. The van der Waals surface area contributed by atoms with Crippen molar-refractivity contribution in [2.24, 2.45) is 4.99 Å². The van der Waals surface area contributed by atoms with Crippen molar-refractivity contribution in [3.63, 3.8) is 0 Å². The summed E-state index contributed by atoms with van der Waals surface area (Å²) in [6.45, 7) is 2.24. The zero-order valence-electron chi connectivity index (χ0n) is 18.8. The number of fused-ring (bicyclic) bond motifs is 1. The van der Waals surface area contributed by atoms with E-state index in [4.69, 9.17) is 0 Å². The number of benzene rings is 1. The molecule has 0 saturated carbocycles. The van der Waals surface area contributed by atoms with Gasteiger partial charge in [0, 0.05) is 36.2 Å². The average Bonchev–Trinajstić information content (AvgIpc) is 3.12. The number of likely N-dealkylation sites (tertiary alicyclic amines) is 1. The number of carbonyl (C=O) groups excluding carboxylic acids is 2. The number of urea groups is 1. The molecule has 2 aliphatic rings. The van der Waals surface area contributed by atoms with Crippen LogP contribution in [0.25, 0.3) is 0 Å². The van der Waals surface area contributed by atoms with Crippen molar-refractivity contribution < 1.29 is 27.9 Å². The third kappa shape index (κ3) is 5.27. The molecule has 7 nitrogen and oxygen atoms in total. The Morgan fingerprint density at radius 1 is 1.24 bits per heavy atom. The molecule has 1 saturated heterocycles. The minimum Gasteiger partial charge on any atom is -0.390 e. The summed E-state index contributed by atoms with van der Waals surface area (Å²) >= 11 is 0. The number of hydrogen-bond acceptors (Lipinski definition) is 5. The van der Waals surface area contributed by atoms with Crippen molar-refractivity contribution in [2.75, 3.05) is 13.1 Å². The molecule has 2 aliphatic heterocycles. The van der Waals surface area contributed by atoms with Gasteiger partial charge in [-0.05, 0) is 43.2 Å². The molecular formula is C24H25F3N4O3. The number of aliphatic hydroxyl groups is 1. The molecule has 1 fully saturated rings. The van der Waals surface area contributed by atoms with Gasteiger partial charge in [0.1, 0.15) is 17.4 Å². The quantitative estimate of drug-likeness (QED) is 0.672. The molecule has 1 aromatic carbocycles. The summed E-state index contributed by atoms with van der Waals surface area (Å²) in [5, 5.41) is 13.1. The molecule has 1 atom stereocenters. The van der Waals surface area contributed by atoms with Crippen LogP contribution in [0.3, 0.4) is 0 Å². The smallest absolute Gasteiger partial charge is 0.323 e. The lowest BCUT2D eigenvalue weighted by molar-refractivity contribution is -0.120. The zero-order chi connectivity index (χ0) is 24.7. The Balaban J connectivity index is 1.39. The molecule has 0 unspecified atom stereocenters. The van der Waals surface area contributed by atoms with Crippen LogP contribution in [0.1, 0.15) is 48.6 Å². The fourth-order valence-corrected chi connectivity index (χ4v) is 4.15. The second kappa shape index (κ2) is 8.83. The van der Waals surface area contributed by atoms with E-state index in [-0.39, 0.29) is 31.0 Å². The maximum atomic E-state index is 13.3. The van der Waals surface area contributed by atoms with Gasteiger partial charge in [-0.25, -0.2) is 18.0 Å². The highest BCUT2D eigenvalue weighted by molar-refractivity contribution is 6.09. The van der Waals surface area contributed by atoms with E-state index >= 15 is 0 Å². The number of amidine groups is 1. The Kier molecular flexibility index (Phi) is 6.20. The highest BCUT2D eigenvalue weighted by Crippen LogP contribution is 2.32. The number of carbonyl (C=O) groups is 2. The van der Waals surface area contributed by atoms with Gasteiger partial charge in [-0.2, -0.15) is 0 Å². The third-order valence-corrected chi connectivity index (χ3v) is 6.00. The summed E-state index contributed by atoms with van der Waals surface area (Å²) in [6, 6.07) is 6.80. The van der Waals surface area contributed by atoms with E-state index < -0.39 is 42.4 Å². The van der Waals surface area contributed by atoms with Gasteiger partial charge in [-0.3, -0.25) is 20.1 Å². The Morgan fingerprint density at radius 2 is 1.91 bits per heavy atom. The fraction of sp³-hybridized carbons (Fsp3) is 0.417. The van der Waals surface area contributed by atoms with Crippen LogP contribution in [-0.4, -0.2) is 57.3 Å². The maximum Gasteiger partial charge on any atom is 0.323 e. The van der Waals surface area contributed by atoms with Gasteiger partial charge >= 0.3 is 6.03 Å². The molecule has 0 aliphatic carbocycles. The normalized spacial score (nSPS) is 17.5. The molecule has 4 rings (SSSR count). The van der Waals surface area contributed by atoms with E-state index in [1.165, 1.54) is 18.3 Å². The van der Waals surface area contributed by atoms with Crippen LogP contribution >= 0.6 is 0 Å². The standard InChI is InChI=1S/C24H25F3N4O3/c1-23(2,34)20(14-3-5-16(25)6-4-14)9-18(32)8-17-7-15-10-29-21(19(15)11-28-17)30-22(33)31-12-24(26,27)13-31/h3-7,11,20,34H,8-10,12-13H2,1-2H3,(H,29,30,33)/t20-/m0/s1. The average molecular weight is 474 g/mol. The lowest BCUT2D eigenvalue weighted by Gasteiger charge is -2.38. The van der Waals surface area contributed by atoms with Crippen LogP contribution in [0.4, 0.5) is 18.0 Å². The summed E-state index contributed by atoms with van der Waals surface area (Å²) in [7, 11) is 0. The molecule has 10 heteroatoms.